The first-order chi connectivity index (χ1) is 10.9. The molecular formula is C15H14FN5O2. The van der Waals surface area contributed by atoms with Crippen LogP contribution < -0.4 is 16.8 Å². The maximum Gasteiger partial charge on any atom is 0.254 e. The first-order valence-electron chi connectivity index (χ1n) is 6.81. The van der Waals surface area contributed by atoms with E-state index in [4.69, 9.17) is 11.5 Å². The summed E-state index contributed by atoms with van der Waals surface area (Å²) in [5.41, 5.74) is 10.4. The van der Waals surface area contributed by atoms with E-state index in [1.807, 2.05) is 0 Å². The lowest BCUT2D eigenvalue weighted by Gasteiger charge is -2.32. The number of halogens is 1. The van der Waals surface area contributed by atoms with Crippen molar-refractivity contribution < 1.29 is 14.0 Å². The molecule has 2 amide bonds. The Hall–Kier alpha value is -3.16. The monoisotopic (exact) mass is 315 g/mol. The van der Waals surface area contributed by atoms with E-state index >= 15 is 0 Å². The molecule has 3 rings (SSSR count). The van der Waals surface area contributed by atoms with Crippen molar-refractivity contribution in [1.82, 2.24) is 9.78 Å². The molecule has 118 valence electrons. The van der Waals surface area contributed by atoms with Gasteiger partial charge in [0.1, 0.15) is 17.2 Å². The zero-order valence-corrected chi connectivity index (χ0v) is 12.0. The fourth-order valence-electron chi connectivity index (χ4n) is 2.62. The standard InChI is InChI=1S/C15H14FN5O2/c16-10-3-1-9(2-4-10)7-15(14(18)23)5-6-19-13-11(12(17)22)8-20-21(13)15/h1-6,8,19H,7H2,(H2,17,22)(H2,18,23). The van der Waals surface area contributed by atoms with Crippen molar-refractivity contribution in [2.45, 2.75) is 12.0 Å². The Balaban J connectivity index is 2.10. The van der Waals surface area contributed by atoms with Gasteiger partial charge in [0, 0.05) is 12.6 Å². The van der Waals surface area contributed by atoms with Crippen molar-refractivity contribution in [2.75, 3.05) is 5.32 Å². The summed E-state index contributed by atoms with van der Waals surface area (Å²) >= 11 is 0. The molecule has 1 unspecified atom stereocenters. The van der Waals surface area contributed by atoms with Gasteiger partial charge in [-0.2, -0.15) is 5.10 Å². The molecule has 23 heavy (non-hydrogen) atoms. The van der Waals surface area contributed by atoms with Gasteiger partial charge in [0.2, 0.25) is 5.91 Å². The van der Waals surface area contributed by atoms with Crippen molar-refractivity contribution in [1.29, 1.82) is 0 Å². The van der Waals surface area contributed by atoms with Crippen LogP contribution in [0.5, 0.6) is 0 Å². The Morgan fingerprint density at radius 1 is 1.26 bits per heavy atom. The number of primary amides is 2. The fourth-order valence-corrected chi connectivity index (χ4v) is 2.62. The van der Waals surface area contributed by atoms with Crippen LogP contribution >= 0.6 is 0 Å². The van der Waals surface area contributed by atoms with Crippen molar-refractivity contribution in [3.8, 4) is 0 Å². The predicted octanol–water partition coefficient (Wildman–Crippen LogP) is 0.484. The van der Waals surface area contributed by atoms with Gasteiger partial charge >= 0.3 is 0 Å². The molecule has 1 aromatic heterocycles. The Morgan fingerprint density at radius 2 is 1.96 bits per heavy atom. The molecule has 5 N–H and O–H groups in total. The number of nitrogens with one attached hydrogen (secondary N) is 1. The molecule has 0 spiro atoms. The van der Waals surface area contributed by atoms with Crippen LogP contribution in [0.15, 0.2) is 42.7 Å². The molecule has 1 aliphatic rings. The molecule has 0 saturated heterocycles. The molecular weight excluding hydrogens is 301 g/mol. The van der Waals surface area contributed by atoms with Crippen LogP contribution in [0.4, 0.5) is 10.2 Å². The second kappa shape index (κ2) is 5.24. The maximum atomic E-state index is 13.1. The van der Waals surface area contributed by atoms with Crippen molar-refractivity contribution in [2.24, 2.45) is 11.5 Å². The van der Waals surface area contributed by atoms with E-state index in [0.717, 1.165) is 0 Å². The second-order valence-electron chi connectivity index (χ2n) is 5.25. The van der Waals surface area contributed by atoms with E-state index in [1.165, 1.54) is 29.2 Å². The Morgan fingerprint density at radius 3 is 2.57 bits per heavy atom. The quantitative estimate of drug-likeness (QED) is 0.761. The van der Waals surface area contributed by atoms with Crippen LogP contribution in [0.2, 0.25) is 0 Å². The van der Waals surface area contributed by atoms with Gasteiger partial charge in [-0.05, 0) is 23.8 Å². The van der Waals surface area contributed by atoms with Gasteiger partial charge in [0.05, 0.1) is 6.20 Å². The lowest BCUT2D eigenvalue weighted by molar-refractivity contribution is -0.124. The summed E-state index contributed by atoms with van der Waals surface area (Å²) in [5.74, 6) is -1.41. The number of carbonyl (C=O) groups excluding carboxylic acids is 2. The van der Waals surface area contributed by atoms with Gasteiger partial charge in [-0.1, -0.05) is 12.1 Å². The van der Waals surface area contributed by atoms with Crippen LogP contribution in [0.3, 0.4) is 0 Å². The second-order valence-corrected chi connectivity index (χ2v) is 5.25. The molecule has 1 aromatic carbocycles. The highest BCUT2D eigenvalue weighted by molar-refractivity contribution is 5.98. The molecule has 7 nitrogen and oxygen atoms in total. The number of aromatic nitrogens is 2. The number of fused-ring (bicyclic) bond motifs is 1. The van der Waals surface area contributed by atoms with Gasteiger partial charge in [0.25, 0.3) is 5.91 Å². The largest absolute Gasteiger partial charge is 0.367 e. The highest BCUT2D eigenvalue weighted by atomic mass is 19.1. The highest BCUT2D eigenvalue weighted by Gasteiger charge is 2.41. The highest BCUT2D eigenvalue weighted by Crippen LogP contribution is 2.32. The molecule has 0 aliphatic carbocycles. The number of hydrogen-bond acceptors (Lipinski definition) is 4. The van der Waals surface area contributed by atoms with Crippen LogP contribution in [-0.4, -0.2) is 21.6 Å². The topological polar surface area (TPSA) is 116 Å². The fraction of sp³-hybridized carbons (Fsp3) is 0.133. The minimum Gasteiger partial charge on any atom is -0.367 e. The summed E-state index contributed by atoms with van der Waals surface area (Å²) in [7, 11) is 0. The maximum absolute atomic E-state index is 13.1. The lowest BCUT2D eigenvalue weighted by Crippen LogP contribution is -2.49. The molecule has 0 fully saturated rings. The third-order valence-electron chi connectivity index (χ3n) is 3.81. The normalized spacial score (nSPS) is 19.0. The zero-order valence-electron chi connectivity index (χ0n) is 12.0. The molecule has 8 heteroatoms. The van der Waals surface area contributed by atoms with Gasteiger partial charge in [-0.15, -0.1) is 0 Å². The van der Waals surface area contributed by atoms with Gasteiger partial charge in [0.15, 0.2) is 5.54 Å². The number of hydrogen-bond donors (Lipinski definition) is 3. The summed E-state index contributed by atoms with van der Waals surface area (Å²) in [6.07, 6.45) is 4.51. The van der Waals surface area contributed by atoms with Gasteiger partial charge in [-0.25, -0.2) is 9.07 Å². The average Bonchev–Trinajstić information content (AvgIpc) is 2.95. The predicted molar refractivity (Wildman–Crippen MR) is 80.8 cm³/mol. The van der Waals surface area contributed by atoms with Crippen molar-refractivity contribution in [3.63, 3.8) is 0 Å². The smallest absolute Gasteiger partial charge is 0.254 e. The van der Waals surface area contributed by atoms with E-state index in [2.05, 4.69) is 10.4 Å². The van der Waals surface area contributed by atoms with E-state index in [-0.39, 0.29) is 17.8 Å². The first-order valence-corrected chi connectivity index (χ1v) is 6.81. The summed E-state index contributed by atoms with van der Waals surface area (Å²) in [6.45, 7) is 0. The van der Waals surface area contributed by atoms with Crippen LogP contribution in [-0.2, 0) is 16.8 Å². The van der Waals surface area contributed by atoms with E-state index in [9.17, 15) is 14.0 Å². The lowest BCUT2D eigenvalue weighted by atomic mass is 9.89. The third kappa shape index (κ3) is 2.33. The molecule has 0 saturated carbocycles. The number of nitrogens with two attached hydrogens (primary N) is 2. The summed E-state index contributed by atoms with van der Waals surface area (Å²) in [4.78, 5) is 23.6. The molecule has 1 atom stereocenters. The number of rotatable bonds is 4. The summed E-state index contributed by atoms with van der Waals surface area (Å²) < 4.78 is 14.4. The van der Waals surface area contributed by atoms with Gasteiger partial charge < -0.3 is 16.8 Å². The number of benzene rings is 1. The van der Waals surface area contributed by atoms with E-state index in [0.29, 0.717) is 11.4 Å². The SMILES string of the molecule is NC(=O)c1cnn2c1NC=CC2(Cc1ccc(F)cc1)C(N)=O. The average molecular weight is 315 g/mol. The summed E-state index contributed by atoms with van der Waals surface area (Å²) in [6, 6.07) is 5.73. The van der Waals surface area contributed by atoms with Crippen LogP contribution in [0.1, 0.15) is 15.9 Å². The molecule has 2 aromatic rings. The molecule has 1 aliphatic heterocycles. The Labute approximate surface area is 130 Å². The van der Waals surface area contributed by atoms with E-state index in [1.54, 1.807) is 18.2 Å². The minimum absolute atomic E-state index is 0.152. The van der Waals surface area contributed by atoms with Gasteiger partial charge in [-0.3, -0.25) is 9.59 Å². The molecule has 0 radical (unpaired) electrons. The Kier molecular flexibility index (Phi) is 3.36. The summed E-state index contributed by atoms with van der Waals surface area (Å²) in [5, 5.41) is 6.94. The minimum atomic E-state index is -1.31. The zero-order chi connectivity index (χ0) is 16.6. The van der Waals surface area contributed by atoms with Crippen molar-refractivity contribution >= 4 is 17.6 Å². The number of amides is 2. The molecule has 0 bridgehead atoms. The molecule has 2 heterocycles. The van der Waals surface area contributed by atoms with Crippen LogP contribution in [0.25, 0.3) is 0 Å². The number of anilines is 1. The van der Waals surface area contributed by atoms with E-state index < -0.39 is 17.4 Å². The van der Waals surface area contributed by atoms with Crippen LogP contribution in [0, 0.1) is 5.82 Å². The van der Waals surface area contributed by atoms with Crippen molar-refractivity contribution in [3.05, 3.63) is 59.7 Å². The number of carbonyl (C=O) groups is 2. The number of nitrogens with zero attached hydrogens (tertiary/aromatic N) is 2. The first kappa shape index (κ1) is 14.8. The third-order valence-corrected chi connectivity index (χ3v) is 3.81. The Bertz CT molecular complexity index is 812.